The summed E-state index contributed by atoms with van der Waals surface area (Å²) in [7, 11) is 3.16. The number of anilines is 1. The molecule has 30 heavy (non-hydrogen) atoms. The third-order valence-corrected chi connectivity index (χ3v) is 4.51. The summed E-state index contributed by atoms with van der Waals surface area (Å²) in [6, 6.07) is 20.1. The van der Waals surface area contributed by atoms with Crippen molar-refractivity contribution in [2.75, 3.05) is 19.5 Å². The van der Waals surface area contributed by atoms with E-state index in [9.17, 15) is 4.79 Å². The van der Waals surface area contributed by atoms with E-state index in [0.29, 0.717) is 34.6 Å². The van der Waals surface area contributed by atoms with Gasteiger partial charge in [0.05, 0.1) is 14.2 Å². The monoisotopic (exact) mass is 423 g/mol. The lowest BCUT2D eigenvalue weighted by atomic mass is 10.2. The lowest BCUT2D eigenvalue weighted by Gasteiger charge is -2.11. The maximum absolute atomic E-state index is 12.2. The maximum Gasteiger partial charge on any atom is 0.248 e. The van der Waals surface area contributed by atoms with Crippen LogP contribution in [-0.2, 0) is 11.4 Å². The largest absolute Gasteiger partial charge is 0.497 e. The Kier molecular flexibility index (Phi) is 7.35. The van der Waals surface area contributed by atoms with Crippen LogP contribution in [0.15, 0.2) is 72.8 Å². The van der Waals surface area contributed by atoms with Crippen LogP contribution < -0.4 is 19.5 Å². The van der Waals surface area contributed by atoms with E-state index in [1.165, 1.54) is 6.08 Å². The number of hydrogen-bond acceptors (Lipinski definition) is 4. The van der Waals surface area contributed by atoms with Gasteiger partial charge in [0, 0.05) is 22.9 Å². The molecule has 0 aromatic heterocycles. The minimum Gasteiger partial charge on any atom is -0.497 e. The number of methoxy groups -OCH3 is 2. The fraction of sp³-hybridized carbons (Fsp3) is 0.125. The molecule has 154 valence electrons. The molecule has 0 aliphatic carbocycles. The predicted octanol–water partition coefficient (Wildman–Crippen LogP) is 5.59. The average molecular weight is 424 g/mol. The second-order valence-electron chi connectivity index (χ2n) is 6.38. The summed E-state index contributed by atoms with van der Waals surface area (Å²) in [4.78, 5) is 12.2. The number of carbonyl (C=O) groups is 1. The summed E-state index contributed by atoms with van der Waals surface area (Å²) in [5, 5.41) is 3.48. The van der Waals surface area contributed by atoms with Gasteiger partial charge in [-0.25, -0.2) is 0 Å². The summed E-state index contributed by atoms with van der Waals surface area (Å²) >= 11 is 5.90. The molecule has 6 heteroatoms. The molecular weight excluding hydrogens is 402 g/mol. The van der Waals surface area contributed by atoms with E-state index < -0.39 is 0 Å². The SMILES string of the molecule is COc1cccc(NC(=O)/C=C/c2ccc(OCc3ccc(Cl)cc3)c(OC)c2)c1. The Balaban J connectivity index is 1.63. The van der Waals surface area contributed by atoms with Gasteiger partial charge in [0.15, 0.2) is 11.5 Å². The minimum atomic E-state index is -0.245. The lowest BCUT2D eigenvalue weighted by Crippen LogP contribution is -2.07. The second-order valence-corrected chi connectivity index (χ2v) is 6.82. The van der Waals surface area contributed by atoms with Crippen LogP contribution >= 0.6 is 11.6 Å². The third kappa shape index (κ3) is 6.03. The van der Waals surface area contributed by atoms with Crippen molar-refractivity contribution in [3.63, 3.8) is 0 Å². The van der Waals surface area contributed by atoms with Crippen LogP contribution in [0.1, 0.15) is 11.1 Å². The van der Waals surface area contributed by atoms with Crippen LogP contribution in [0.5, 0.6) is 17.2 Å². The van der Waals surface area contributed by atoms with Crippen molar-refractivity contribution >= 4 is 29.3 Å². The Morgan fingerprint density at radius 2 is 1.77 bits per heavy atom. The number of benzene rings is 3. The predicted molar refractivity (Wildman–Crippen MR) is 119 cm³/mol. The number of rotatable bonds is 8. The molecule has 0 radical (unpaired) electrons. The number of halogens is 1. The van der Waals surface area contributed by atoms with Crippen molar-refractivity contribution in [3.05, 3.63) is 89.0 Å². The molecule has 3 aromatic rings. The number of carbonyl (C=O) groups excluding carboxylic acids is 1. The van der Waals surface area contributed by atoms with Gasteiger partial charge in [-0.15, -0.1) is 0 Å². The van der Waals surface area contributed by atoms with Gasteiger partial charge in [0.1, 0.15) is 12.4 Å². The van der Waals surface area contributed by atoms with E-state index in [1.807, 2.05) is 54.6 Å². The topological polar surface area (TPSA) is 56.8 Å². The Hall–Kier alpha value is -3.44. The number of amides is 1. The van der Waals surface area contributed by atoms with Crippen molar-refractivity contribution in [2.45, 2.75) is 6.61 Å². The van der Waals surface area contributed by atoms with Crippen LogP contribution in [0.25, 0.3) is 6.08 Å². The Morgan fingerprint density at radius 3 is 2.50 bits per heavy atom. The van der Waals surface area contributed by atoms with Crippen LogP contribution in [0.2, 0.25) is 5.02 Å². The highest BCUT2D eigenvalue weighted by atomic mass is 35.5. The summed E-state index contributed by atoms with van der Waals surface area (Å²) < 4.78 is 16.4. The van der Waals surface area contributed by atoms with Gasteiger partial charge in [0.25, 0.3) is 0 Å². The Labute approximate surface area is 180 Å². The third-order valence-electron chi connectivity index (χ3n) is 4.26. The molecule has 0 aliphatic rings. The summed E-state index contributed by atoms with van der Waals surface area (Å²) in [6.45, 7) is 0.395. The molecule has 0 spiro atoms. The highest BCUT2D eigenvalue weighted by Gasteiger charge is 2.06. The second kappa shape index (κ2) is 10.4. The molecule has 0 unspecified atom stereocenters. The molecule has 0 bridgehead atoms. The molecule has 0 fully saturated rings. The number of ether oxygens (including phenoxy) is 3. The zero-order valence-electron chi connectivity index (χ0n) is 16.7. The molecule has 0 saturated heterocycles. The molecular formula is C24H22ClNO4. The summed E-state index contributed by atoms with van der Waals surface area (Å²) in [5.74, 6) is 1.63. The first-order valence-electron chi connectivity index (χ1n) is 9.26. The first-order chi connectivity index (χ1) is 14.6. The average Bonchev–Trinajstić information content (AvgIpc) is 2.77. The van der Waals surface area contributed by atoms with Gasteiger partial charge < -0.3 is 19.5 Å². The normalized spacial score (nSPS) is 10.6. The quantitative estimate of drug-likeness (QED) is 0.480. The maximum atomic E-state index is 12.2. The number of nitrogens with one attached hydrogen (secondary N) is 1. The van der Waals surface area contributed by atoms with Crippen molar-refractivity contribution in [1.29, 1.82) is 0 Å². The fourth-order valence-electron chi connectivity index (χ4n) is 2.71. The molecule has 1 amide bonds. The van der Waals surface area contributed by atoms with Crippen LogP contribution in [-0.4, -0.2) is 20.1 Å². The first-order valence-corrected chi connectivity index (χ1v) is 9.63. The molecule has 1 N–H and O–H groups in total. The molecule has 0 heterocycles. The van der Waals surface area contributed by atoms with Gasteiger partial charge in [-0.1, -0.05) is 35.9 Å². The van der Waals surface area contributed by atoms with Crippen molar-refractivity contribution < 1.29 is 19.0 Å². The zero-order chi connectivity index (χ0) is 21.3. The molecule has 5 nitrogen and oxygen atoms in total. The van der Waals surface area contributed by atoms with Gasteiger partial charge in [-0.05, 0) is 53.6 Å². The van der Waals surface area contributed by atoms with E-state index in [4.69, 9.17) is 25.8 Å². The van der Waals surface area contributed by atoms with E-state index in [-0.39, 0.29) is 5.91 Å². The van der Waals surface area contributed by atoms with Crippen LogP contribution in [0.4, 0.5) is 5.69 Å². The molecule has 0 atom stereocenters. The zero-order valence-corrected chi connectivity index (χ0v) is 17.5. The Morgan fingerprint density at radius 1 is 0.967 bits per heavy atom. The van der Waals surface area contributed by atoms with Gasteiger partial charge >= 0.3 is 0 Å². The minimum absolute atomic E-state index is 0.245. The van der Waals surface area contributed by atoms with Crippen LogP contribution in [0.3, 0.4) is 0 Å². The van der Waals surface area contributed by atoms with Crippen molar-refractivity contribution in [1.82, 2.24) is 0 Å². The number of hydrogen-bond donors (Lipinski definition) is 1. The highest BCUT2D eigenvalue weighted by molar-refractivity contribution is 6.30. The Bertz CT molecular complexity index is 1030. The van der Waals surface area contributed by atoms with Gasteiger partial charge in [-0.2, -0.15) is 0 Å². The highest BCUT2D eigenvalue weighted by Crippen LogP contribution is 2.29. The van der Waals surface area contributed by atoms with E-state index >= 15 is 0 Å². The summed E-state index contributed by atoms with van der Waals surface area (Å²) in [6.07, 6.45) is 3.17. The van der Waals surface area contributed by atoms with E-state index in [2.05, 4.69) is 5.32 Å². The van der Waals surface area contributed by atoms with Crippen molar-refractivity contribution in [2.24, 2.45) is 0 Å². The molecule has 3 rings (SSSR count). The lowest BCUT2D eigenvalue weighted by molar-refractivity contribution is -0.111. The molecule has 0 saturated carbocycles. The summed E-state index contributed by atoms with van der Waals surface area (Å²) in [5.41, 5.74) is 2.47. The fourth-order valence-corrected chi connectivity index (χ4v) is 2.83. The first kappa shape index (κ1) is 21.3. The van der Waals surface area contributed by atoms with Crippen LogP contribution in [0, 0.1) is 0 Å². The van der Waals surface area contributed by atoms with Gasteiger partial charge in [-0.3, -0.25) is 4.79 Å². The molecule has 3 aromatic carbocycles. The standard InChI is InChI=1S/C24H22ClNO4/c1-28-21-5-3-4-20(15-21)26-24(27)13-9-17-8-12-22(23(14-17)29-2)30-16-18-6-10-19(25)11-7-18/h3-15H,16H2,1-2H3,(H,26,27)/b13-9+. The van der Waals surface area contributed by atoms with Crippen molar-refractivity contribution in [3.8, 4) is 17.2 Å². The smallest absolute Gasteiger partial charge is 0.248 e. The van der Waals surface area contributed by atoms with E-state index in [0.717, 1.165) is 11.1 Å². The molecule has 0 aliphatic heterocycles. The van der Waals surface area contributed by atoms with Gasteiger partial charge in [0.2, 0.25) is 5.91 Å². The van der Waals surface area contributed by atoms with E-state index in [1.54, 1.807) is 32.4 Å².